The molecule has 0 saturated carbocycles. The van der Waals surface area contributed by atoms with Crippen LogP contribution < -0.4 is 20.5 Å². The number of hydrogen-bond acceptors (Lipinski definition) is 8. The summed E-state index contributed by atoms with van der Waals surface area (Å²) in [5.74, 6) is -1.91. The number of halogens is 2. The molecule has 4 heterocycles. The molecule has 0 radical (unpaired) electrons. The Kier molecular flexibility index (Phi) is 6.81. The highest BCUT2D eigenvalue weighted by atomic mass is 19.1. The first-order chi connectivity index (χ1) is 18.2. The van der Waals surface area contributed by atoms with Crippen LogP contribution in [0.2, 0.25) is 0 Å². The number of aromatic nitrogens is 4. The van der Waals surface area contributed by atoms with Crippen molar-refractivity contribution in [2.24, 2.45) is 0 Å². The number of nitrogens with two attached hydrogens (primary N) is 1. The summed E-state index contributed by atoms with van der Waals surface area (Å²) in [6.07, 6.45) is 2.21. The molecule has 5 rings (SSSR count). The van der Waals surface area contributed by atoms with Crippen molar-refractivity contribution in [1.29, 1.82) is 0 Å². The van der Waals surface area contributed by atoms with E-state index in [-0.39, 0.29) is 41.4 Å². The van der Waals surface area contributed by atoms with Crippen molar-refractivity contribution in [2.75, 3.05) is 33.0 Å². The molecule has 1 aromatic carbocycles. The van der Waals surface area contributed by atoms with Gasteiger partial charge in [-0.25, -0.2) is 18.3 Å². The van der Waals surface area contributed by atoms with E-state index in [1.54, 1.807) is 35.8 Å². The van der Waals surface area contributed by atoms with Crippen molar-refractivity contribution in [1.82, 2.24) is 29.8 Å². The lowest BCUT2D eigenvalue weighted by Crippen LogP contribution is -2.26. The van der Waals surface area contributed by atoms with Crippen molar-refractivity contribution >= 4 is 17.5 Å². The first kappa shape index (κ1) is 25.3. The van der Waals surface area contributed by atoms with Gasteiger partial charge in [-0.1, -0.05) is 0 Å². The molecule has 3 aromatic heterocycles. The van der Waals surface area contributed by atoms with Gasteiger partial charge in [0, 0.05) is 48.7 Å². The molecule has 0 spiro atoms. The Morgan fingerprint density at radius 2 is 2.05 bits per heavy atom. The second-order valence-electron chi connectivity index (χ2n) is 9.22. The van der Waals surface area contributed by atoms with Gasteiger partial charge in [0.1, 0.15) is 17.5 Å². The number of anilines is 1. The second kappa shape index (κ2) is 10.2. The third kappa shape index (κ3) is 5.07. The van der Waals surface area contributed by atoms with Gasteiger partial charge in [0.15, 0.2) is 17.2 Å². The molecule has 0 unspecified atom stereocenters. The molecule has 1 fully saturated rings. The van der Waals surface area contributed by atoms with Gasteiger partial charge in [0.05, 0.1) is 7.11 Å². The van der Waals surface area contributed by atoms with Crippen LogP contribution in [0.5, 0.6) is 11.6 Å². The normalized spacial score (nSPS) is 15.7. The Labute approximate surface area is 217 Å². The standard InChI is InChI=1S/C26H27F2N7O3/c1-14-19(15-4-7-35-22(9-15)32-26(29)33-35)11-20(25(31-14)37-3)24(36)30-12-16-8-17(27)10-21(28)23(16)38-18-5-6-34(2)13-18/h4,7-11,18H,5-6,12-13H2,1-3H3,(H2,29,33)(H,30,36)/t18-/m1/s1. The van der Waals surface area contributed by atoms with Crippen LogP contribution in [-0.4, -0.2) is 63.7 Å². The number of carbonyl (C=O) groups excluding carboxylic acids is 1. The van der Waals surface area contributed by atoms with Crippen molar-refractivity contribution in [2.45, 2.75) is 26.0 Å². The third-order valence-corrected chi connectivity index (χ3v) is 6.44. The van der Waals surface area contributed by atoms with E-state index in [4.69, 9.17) is 15.2 Å². The van der Waals surface area contributed by atoms with E-state index < -0.39 is 17.5 Å². The summed E-state index contributed by atoms with van der Waals surface area (Å²) >= 11 is 0. The molecular formula is C26H27F2N7O3. The number of nitrogens with one attached hydrogen (secondary N) is 1. The Bertz CT molecular complexity index is 1520. The maximum absolute atomic E-state index is 14.7. The Morgan fingerprint density at radius 1 is 1.24 bits per heavy atom. The fourth-order valence-corrected chi connectivity index (χ4v) is 4.57. The highest BCUT2D eigenvalue weighted by Crippen LogP contribution is 2.30. The van der Waals surface area contributed by atoms with Crippen molar-refractivity contribution in [3.05, 3.63) is 65.0 Å². The summed E-state index contributed by atoms with van der Waals surface area (Å²) < 4.78 is 41.6. The van der Waals surface area contributed by atoms with Crippen LogP contribution in [0.4, 0.5) is 14.7 Å². The van der Waals surface area contributed by atoms with E-state index in [2.05, 4.69) is 25.3 Å². The van der Waals surface area contributed by atoms with Gasteiger partial charge >= 0.3 is 0 Å². The zero-order valence-corrected chi connectivity index (χ0v) is 21.2. The molecule has 1 aliphatic heterocycles. The quantitative estimate of drug-likeness (QED) is 0.380. The number of ether oxygens (including phenoxy) is 2. The number of fused-ring (bicyclic) bond motifs is 1. The molecule has 1 aliphatic rings. The number of nitrogens with zero attached hydrogens (tertiary/aromatic N) is 5. The lowest BCUT2D eigenvalue weighted by molar-refractivity contribution is 0.0946. The molecule has 0 aliphatic carbocycles. The van der Waals surface area contributed by atoms with Crippen LogP contribution in [0.3, 0.4) is 0 Å². The molecular weight excluding hydrogens is 496 g/mol. The number of amides is 1. The van der Waals surface area contributed by atoms with Gasteiger partial charge in [-0.2, -0.15) is 4.98 Å². The summed E-state index contributed by atoms with van der Waals surface area (Å²) in [6, 6.07) is 7.17. The SMILES string of the molecule is COc1nc(C)c(-c2ccn3nc(N)nc3c2)cc1C(=O)NCc1cc(F)cc(F)c1O[C@@H]1CCN(C)C1. The first-order valence-corrected chi connectivity index (χ1v) is 12.0. The van der Waals surface area contributed by atoms with Crippen molar-refractivity contribution in [3.8, 4) is 22.8 Å². The predicted molar refractivity (Wildman–Crippen MR) is 136 cm³/mol. The highest BCUT2D eigenvalue weighted by molar-refractivity contribution is 5.97. The molecule has 1 saturated heterocycles. The number of aryl methyl sites for hydroxylation is 1. The van der Waals surface area contributed by atoms with Gasteiger partial charge in [-0.05, 0) is 50.2 Å². The van der Waals surface area contributed by atoms with Gasteiger partial charge in [0.25, 0.3) is 5.91 Å². The van der Waals surface area contributed by atoms with Crippen molar-refractivity contribution < 1.29 is 23.0 Å². The summed E-state index contributed by atoms with van der Waals surface area (Å²) in [5, 5.41) is 6.79. The van der Waals surface area contributed by atoms with E-state index in [1.165, 1.54) is 7.11 Å². The lowest BCUT2D eigenvalue weighted by Gasteiger charge is -2.18. The first-order valence-electron chi connectivity index (χ1n) is 12.0. The minimum absolute atomic E-state index is 0.0671. The van der Waals surface area contributed by atoms with E-state index in [1.807, 2.05) is 7.05 Å². The molecule has 4 aromatic rings. The topological polar surface area (TPSA) is 120 Å². The van der Waals surface area contributed by atoms with Crippen LogP contribution in [0, 0.1) is 18.6 Å². The third-order valence-electron chi connectivity index (χ3n) is 6.44. The average molecular weight is 524 g/mol. The predicted octanol–water partition coefficient (Wildman–Crippen LogP) is 2.98. The maximum Gasteiger partial charge on any atom is 0.257 e. The Morgan fingerprint density at radius 3 is 2.79 bits per heavy atom. The average Bonchev–Trinajstić information content (AvgIpc) is 3.47. The fraction of sp³-hybridized carbons (Fsp3) is 0.308. The van der Waals surface area contributed by atoms with Crippen LogP contribution >= 0.6 is 0 Å². The number of likely N-dealkylation sites (tertiary alicyclic amines) is 1. The number of nitrogen functional groups attached to an aromatic ring is 1. The van der Waals surface area contributed by atoms with Crippen LogP contribution in [0.1, 0.15) is 28.0 Å². The molecule has 198 valence electrons. The number of pyridine rings is 2. The van der Waals surface area contributed by atoms with Crippen molar-refractivity contribution in [3.63, 3.8) is 0 Å². The second-order valence-corrected chi connectivity index (χ2v) is 9.22. The van der Waals surface area contributed by atoms with E-state index in [0.29, 0.717) is 23.4 Å². The summed E-state index contributed by atoms with van der Waals surface area (Å²) in [6.45, 7) is 3.08. The van der Waals surface area contributed by atoms with Gasteiger partial charge < -0.3 is 25.4 Å². The van der Waals surface area contributed by atoms with Gasteiger partial charge in [-0.15, -0.1) is 5.10 Å². The summed E-state index contributed by atoms with van der Waals surface area (Å²) in [7, 11) is 3.36. The summed E-state index contributed by atoms with van der Waals surface area (Å²) in [4.78, 5) is 24.0. The molecule has 1 amide bonds. The number of benzene rings is 1. The summed E-state index contributed by atoms with van der Waals surface area (Å²) in [5.41, 5.74) is 8.62. The fourth-order valence-electron chi connectivity index (χ4n) is 4.57. The monoisotopic (exact) mass is 523 g/mol. The van der Waals surface area contributed by atoms with Gasteiger partial charge in [0.2, 0.25) is 11.8 Å². The highest BCUT2D eigenvalue weighted by Gasteiger charge is 2.25. The molecule has 0 bridgehead atoms. The lowest BCUT2D eigenvalue weighted by atomic mass is 10.0. The number of carbonyl (C=O) groups is 1. The molecule has 1 atom stereocenters. The van der Waals surface area contributed by atoms with Crippen LogP contribution in [0.15, 0.2) is 36.5 Å². The molecule has 12 heteroatoms. The van der Waals surface area contributed by atoms with Gasteiger partial charge in [-0.3, -0.25) is 4.79 Å². The number of likely N-dealkylation sites (N-methyl/N-ethyl adjacent to an activating group) is 1. The largest absolute Gasteiger partial charge is 0.486 e. The number of methoxy groups -OCH3 is 1. The zero-order valence-electron chi connectivity index (χ0n) is 21.2. The molecule has 3 N–H and O–H groups in total. The minimum atomic E-state index is -0.815. The Hall–Kier alpha value is -4.32. The zero-order chi connectivity index (χ0) is 27.0. The van der Waals surface area contributed by atoms with Crippen LogP contribution in [0.25, 0.3) is 16.8 Å². The maximum atomic E-state index is 14.7. The molecule has 38 heavy (non-hydrogen) atoms. The van der Waals surface area contributed by atoms with E-state index in [0.717, 1.165) is 30.7 Å². The van der Waals surface area contributed by atoms with E-state index >= 15 is 0 Å². The van der Waals surface area contributed by atoms with Crippen LogP contribution in [-0.2, 0) is 6.54 Å². The molecule has 10 nitrogen and oxygen atoms in total. The number of rotatable bonds is 7. The Balaban J connectivity index is 1.42. The number of hydrogen-bond donors (Lipinski definition) is 2. The smallest absolute Gasteiger partial charge is 0.257 e. The minimum Gasteiger partial charge on any atom is -0.486 e. The van der Waals surface area contributed by atoms with E-state index in [9.17, 15) is 13.6 Å².